The number of hydrogen-bond donors (Lipinski definition) is 0. The molecule has 1 fully saturated rings. The van der Waals surface area contributed by atoms with Gasteiger partial charge in [-0.3, -0.25) is 19.0 Å². The van der Waals surface area contributed by atoms with Crippen molar-refractivity contribution in [1.82, 2.24) is 24.0 Å². The molecule has 0 bridgehead atoms. The van der Waals surface area contributed by atoms with Gasteiger partial charge in [0.05, 0.1) is 42.7 Å². The number of ether oxygens (including phenoxy) is 2. The zero-order chi connectivity index (χ0) is 23.7. The van der Waals surface area contributed by atoms with E-state index < -0.39 is 0 Å². The third kappa shape index (κ3) is 3.94. The van der Waals surface area contributed by atoms with Gasteiger partial charge < -0.3 is 9.47 Å². The minimum Gasteiger partial charge on any atom is -0.497 e. The lowest BCUT2D eigenvalue weighted by Gasteiger charge is -2.16. The number of pyridine rings is 2. The number of fused-ring (bicyclic) bond motifs is 1. The molecule has 1 aromatic carbocycles. The second-order valence-corrected chi connectivity index (χ2v) is 8.24. The maximum Gasteiger partial charge on any atom is 0.337 e. The van der Waals surface area contributed by atoms with Crippen LogP contribution in [0.1, 0.15) is 28.5 Å². The summed E-state index contributed by atoms with van der Waals surface area (Å²) >= 11 is 0. The molecule has 9 heteroatoms. The fraction of sp³-hybridized carbons (Fsp3) is 0.280. The quantitative estimate of drug-likeness (QED) is 0.410. The molecule has 0 aliphatic carbocycles. The largest absolute Gasteiger partial charge is 0.497 e. The maximum atomic E-state index is 13.6. The Kier molecular flexibility index (Phi) is 5.85. The predicted molar refractivity (Wildman–Crippen MR) is 126 cm³/mol. The van der Waals surface area contributed by atoms with Crippen molar-refractivity contribution in [2.45, 2.75) is 19.0 Å². The molecule has 174 valence electrons. The van der Waals surface area contributed by atoms with Crippen LogP contribution in [0.5, 0.6) is 5.75 Å². The van der Waals surface area contributed by atoms with E-state index in [4.69, 9.17) is 9.47 Å². The summed E-state index contributed by atoms with van der Waals surface area (Å²) in [5.41, 5.74) is 3.35. The summed E-state index contributed by atoms with van der Waals surface area (Å²) < 4.78 is 13.6. The number of nitrogens with zero attached hydrogens (tertiary/aromatic N) is 5. The molecule has 3 aromatic heterocycles. The fourth-order valence-corrected chi connectivity index (χ4v) is 4.57. The summed E-state index contributed by atoms with van der Waals surface area (Å²) in [5.74, 6) is 0.349. The molecule has 0 N–H and O–H groups in total. The normalized spacial score (nSPS) is 16.1. The van der Waals surface area contributed by atoms with Crippen LogP contribution in [0.4, 0.5) is 0 Å². The Bertz CT molecular complexity index is 1390. The molecule has 1 aliphatic heterocycles. The van der Waals surface area contributed by atoms with Gasteiger partial charge in [0.15, 0.2) is 5.65 Å². The first-order valence-corrected chi connectivity index (χ1v) is 11.1. The number of carbonyl (C=O) groups is 1. The Morgan fingerprint density at radius 3 is 2.68 bits per heavy atom. The highest BCUT2D eigenvalue weighted by atomic mass is 16.5. The van der Waals surface area contributed by atoms with Gasteiger partial charge in [-0.25, -0.2) is 14.6 Å². The number of methoxy groups -OCH3 is 2. The average molecular weight is 460 g/mol. The molecule has 0 saturated carbocycles. The van der Waals surface area contributed by atoms with E-state index in [1.54, 1.807) is 40.8 Å². The predicted octanol–water partition coefficient (Wildman–Crippen LogP) is 2.82. The van der Waals surface area contributed by atoms with Crippen molar-refractivity contribution in [1.29, 1.82) is 0 Å². The molecule has 5 rings (SSSR count). The minimum absolute atomic E-state index is 0.0202. The monoisotopic (exact) mass is 459 g/mol. The number of benzene rings is 1. The molecular formula is C25H25N5O4. The van der Waals surface area contributed by atoms with Gasteiger partial charge in [-0.05, 0) is 55.0 Å². The van der Waals surface area contributed by atoms with Crippen molar-refractivity contribution in [3.63, 3.8) is 0 Å². The second kappa shape index (κ2) is 9.11. The molecule has 1 saturated heterocycles. The third-order valence-electron chi connectivity index (χ3n) is 6.20. The summed E-state index contributed by atoms with van der Waals surface area (Å²) in [6, 6.07) is 14.6. The minimum atomic E-state index is -0.382. The third-order valence-corrected chi connectivity index (χ3v) is 6.20. The lowest BCUT2D eigenvalue weighted by atomic mass is 10.2. The highest BCUT2D eigenvalue weighted by molar-refractivity contribution is 5.89. The SMILES string of the molecule is COC(=O)c1ccnc(CN2CCC(n3c(=O)n(-c4ccc(OC)cc4)c4cccnc43)C2)c1. The number of rotatable bonds is 6. The lowest BCUT2D eigenvalue weighted by molar-refractivity contribution is 0.0600. The zero-order valence-electron chi connectivity index (χ0n) is 19.0. The number of carbonyl (C=O) groups excluding carboxylic acids is 1. The molecule has 1 aliphatic rings. The van der Waals surface area contributed by atoms with Gasteiger partial charge >= 0.3 is 11.7 Å². The van der Waals surface area contributed by atoms with Crippen LogP contribution in [0.25, 0.3) is 16.9 Å². The Hall–Kier alpha value is -3.98. The van der Waals surface area contributed by atoms with E-state index >= 15 is 0 Å². The summed E-state index contributed by atoms with van der Waals surface area (Å²) in [6.45, 7) is 2.08. The van der Waals surface area contributed by atoms with Crippen molar-refractivity contribution >= 4 is 17.1 Å². The van der Waals surface area contributed by atoms with E-state index in [0.29, 0.717) is 24.3 Å². The molecular weight excluding hydrogens is 434 g/mol. The lowest BCUT2D eigenvalue weighted by Crippen LogP contribution is -2.29. The van der Waals surface area contributed by atoms with Crippen molar-refractivity contribution in [2.24, 2.45) is 0 Å². The Labute approximate surface area is 196 Å². The Balaban J connectivity index is 1.44. The molecule has 1 unspecified atom stereocenters. The van der Waals surface area contributed by atoms with Crippen molar-refractivity contribution in [3.05, 3.63) is 82.7 Å². The molecule has 0 radical (unpaired) electrons. The Morgan fingerprint density at radius 1 is 1.09 bits per heavy atom. The van der Waals surface area contributed by atoms with E-state index in [9.17, 15) is 9.59 Å². The van der Waals surface area contributed by atoms with Crippen LogP contribution >= 0.6 is 0 Å². The summed E-state index contributed by atoms with van der Waals surface area (Å²) in [6.07, 6.45) is 4.15. The van der Waals surface area contributed by atoms with Crippen molar-refractivity contribution in [2.75, 3.05) is 27.3 Å². The van der Waals surface area contributed by atoms with Crippen LogP contribution in [0.15, 0.2) is 65.7 Å². The second-order valence-electron chi connectivity index (χ2n) is 8.24. The highest BCUT2D eigenvalue weighted by Crippen LogP contribution is 2.27. The molecule has 34 heavy (non-hydrogen) atoms. The highest BCUT2D eigenvalue weighted by Gasteiger charge is 2.29. The fourth-order valence-electron chi connectivity index (χ4n) is 4.57. The smallest absolute Gasteiger partial charge is 0.337 e. The molecule has 4 aromatic rings. The van der Waals surface area contributed by atoms with Crippen LogP contribution in [-0.2, 0) is 11.3 Å². The first-order chi connectivity index (χ1) is 16.6. The van der Waals surface area contributed by atoms with Crippen LogP contribution < -0.4 is 10.4 Å². The number of hydrogen-bond acceptors (Lipinski definition) is 7. The van der Waals surface area contributed by atoms with E-state index in [-0.39, 0.29) is 17.7 Å². The molecule has 9 nitrogen and oxygen atoms in total. The van der Waals surface area contributed by atoms with Crippen LogP contribution in [0.3, 0.4) is 0 Å². The number of esters is 1. The molecule has 1 atom stereocenters. The topological polar surface area (TPSA) is 91.5 Å². The van der Waals surface area contributed by atoms with E-state index in [1.807, 2.05) is 36.4 Å². The zero-order valence-corrected chi connectivity index (χ0v) is 19.0. The first kappa shape index (κ1) is 21.8. The standard InChI is InChI=1S/C25H25N5O4/c1-33-21-7-5-19(6-8-21)29-22-4-3-11-27-23(22)30(25(29)32)20-10-13-28(16-20)15-18-14-17(9-12-26-18)24(31)34-2/h3-9,11-12,14,20H,10,13,15-16H2,1-2H3. The van der Waals surface area contributed by atoms with Crippen LogP contribution in [0, 0.1) is 0 Å². The van der Waals surface area contributed by atoms with E-state index in [0.717, 1.165) is 35.6 Å². The van der Waals surface area contributed by atoms with E-state index in [1.165, 1.54) is 7.11 Å². The van der Waals surface area contributed by atoms with Crippen molar-refractivity contribution in [3.8, 4) is 11.4 Å². The molecule has 0 spiro atoms. The van der Waals surface area contributed by atoms with E-state index in [2.05, 4.69) is 14.9 Å². The van der Waals surface area contributed by atoms with Crippen LogP contribution in [-0.4, -0.2) is 57.3 Å². The number of aromatic nitrogens is 4. The Morgan fingerprint density at radius 2 is 1.91 bits per heavy atom. The average Bonchev–Trinajstić information content (AvgIpc) is 3.44. The number of imidazole rings is 1. The molecule has 4 heterocycles. The van der Waals surface area contributed by atoms with Gasteiger partial charge in [-0.1, -0.05) is 0 Å². The van der Waals surface area contributed by atoms with Gasteiger partial charge in [0.1, 0.15) is 5.75 Å². The van der Waals surface area contributed by atoms with Gasteiger partial charge in [-0.15, -0.1) is 0 Å². The maximum absolute atomic E-state index is 13.6. The summed E-state index contributed by atoms with van der Waals surface area (Å²) in [4.78, 5) is 36.6. The van der Waals surface area contributed by atoms with Crippen LogP contribution in [0.2, 0.25) is 0 Å². The number of likely N-dealkylation sites (tertiary alicyclic amines) is 1. The van der Waals surface area contributed by atoms with Gasteiger partial charge in [0.2, 0.25) is 0 Å². The molecule has 0 amide bonds. The summed E-state index contributed by atoms with van der Waals surface area (Å²) in [5, 5.41) is 0. The summed E-state index contributed by atoms with van der Waals surface area (Å²) in [7, 11) is 2.98. The van der Waals surface area contributed by atoms with Crippen molar-refractivity contribution < 1.29 is 14.3 Å². The van der Waals surface area contributed by atoms with Gasteiger partial charge in [0.25, 0.3) is 0 Å². The van der Waals surface area contributed by atoms with Gasteiger partial charge in [0, 0.05) is 32.0 Å². The van der Waals surface area contributed by atoms with Gasteiger partial charge in [-0.2, -0.15) is 0 Å². The first-order valence-electron chi connectivity index (χ1n) is 11.1.